The van der Waals surface area contributed by atoms with Crippen LogP contribution in [0.25, 0.3) is 0 Å². The number of hydrogen-bond donors (Lipinski definition) is 1. The minimum absolute atomic E-state index is 0.0123. The lowest BCUT2D eigenvalue weighted by atomic mass is 10.0. The highest BCUT2D eigenvalue weighted by Crippen LogP contribution is 2.33. The molecule has 0 bridgehead atoms. The number of benzene rings is 1. The van der Waals surface area contributed by atoms with E-state index in [9.17, 15) is 4.79 Å². The minimum Gasteiger partial charge on any atom is -0.497 e. The Hall–Kier alpha value is -1.75. The Morgan fingerprint density at radius 3 is 3.00 bits per heavy atom. The summed E-state index contributed by atoms with van der Waals surface area (Å²) in [5.74, 6) is 0.836. The normalized spacial score (nSPS) is 25.4. The van der Waals surface area contributed by atoms with Crippen LogP contribution in [0.4, 0.5) is 4.79 Å². The minimum atomic E-state index is 0.0123. The van der Waals surface area contributed by atoms with Gasteiger partial charge in [0.15, 0.2) is 0 Å². The smallest absolute Gasteiger partial charge is 0.318 e. The zero-order valence-electron chi connectivity index (χ0n) is 14.0. The van der Waals surface area contributed by atoms with E-state index in [4.69, 9.17) is 9.47 Å². The van der Waals surface area contributed by atoms with Crippen LogP contribution < -0.4 is 10.1 Å². The Kier molecular flexibility index (Phi) is 5.06. The van der Waals surface area contributed by atoms with E-state index in [1.54, 1.807) is 7.11 Å². The molecular formula is C18H26N2O3. The summed E-state index contributed by atoms with van der Waals surface area (Å²) in [5, 5.41) is 3.12. The predicted molar refractivity (Wildman–Crippen MR) is 88.6 cm³/mol. The average Bonchev–Trinajstić information content (AvgIpc) is 3.26. The van der Waals surface area contributed by atoms with Crippen molar-refractivity contribution in [3.63, 3.8) is 0 Å². The van der Waals surface area contributed by atoms with Crippen LogP contribution in [0, 0.1) is 0 Å². The van der Waals surface area contributed by atoms with E-state index in [1.165, 1.54) is 0 Å². The van der Waals surface area contributed by atoms with E-state index < -0.39 is 0 Å². The molecule has 1 aromatic carbocycles. The van der Waals surface area contributed by atoms with Gasteiger partial charge in [0.05, 0.1) is 25.3 Å². The quantitative estimate of drug-likeness (QED) is 0.928. The van der Waals surface area contributed by atoms with Gasteiger partial charge in [-0.15, -0.1) is 0 Å². The summed E-state index contributed by atoms with van der Waals surface area (Å²) in [5.41, 5.74) is 1.14. The van der Waals surface area contributed by atoms with Crippen molar-refractivity contribution in [1.82, 2.24) is 10.2 Å². The number of urea groups is 1. The third-order valence-corrected chi connectivity index (χ3v) is 4.87. The van der Waals surface area contributed by atoms with E-state index in [2.05, 4.69) is 11.4 Å². The number of likely N-dealkylation sites (tertiary alicyclic amines) is 1. The number of carbonyl (C=O) groups excluding carboxylic acids is 1. The van der Waals surface area contributed by atoms with Gasteiger partial charge in [0.1, 0.15) is 5.75 Å². The molecule has 0 aromatic heterocycles. The molecule has 23 heavy (non-hydrogen) atoms. The van der Waals surface area contributed by atoms with E-state index in [-0.39, 0.29) is 24.2 Å². The number of amides is 2. The first-order valence-corrected chi connectivity index (χ1v) is 8.51. The second kappa shape index (κ2) is 7.21. The monoisotopic (exact) mass is 318 g/mol. The molecule has 5 heteroatoms. The van der Waals surface area contributed by atoms with Crippen molar-refractivity contribution >= 4 is 6.03 Å². The van der Waals surface area contributed by atoms with Crippen LogP contribution in [0.5, 0.6) is 5.75 Å². The third-order valence-electron chi connectivity index (χ3n) is 4.87. The van der Waals surface area contributed by atoms with Crippen LogP contribution in [0.2, 0.25) is 0 Å². The number of nitrogens with one attached hydrogen (secondary N) is 1. The van der Waals surface area contributed by atoms with Gasteiger partial charge in [-0.25, -0.2) is 4.79 Å². The van der Waals surface area contributed by atoms with Gasteiger partial charge in [-0.05, 0) is 50.3 Å². The lowest BCUT2D eigenvalue weighted by Crippen LogP contribution is -2.47. The zero-order valence-corrected chi connectivity index (χ0v) is 14.0. The van der Waals surface area contributed by atoms with Gasteiger partial charge in [-0.3, -0.25) is 0 Å². The molecule has 2 fully saturated rings. The van der Waals surface area contributed by atoms with Crippen LogP contribution in [0.15, 0.2) is 24.3 Å². The second-order valence-electron chi connectivity index (χ2n) is 6.42. The highest BCUT2D eigenvalue weighted by molar-refractivity contribution is 5.75. The van der Waals surface area contributed by atoms with Crippen molar-refractivity contribution in [2.24, 2.45) is 0 Å². The summed E-state index contributed by atoms with van der Waals surface area (Å²) in [6.07, 6.45) is 4.29. The summed E-state index contributed by atoms with van der Waals surface area (Å²) in [7, 11) is 1.67. The number of carbonyl (C=O) groups is 1. The van der Waals surface area contributed by atoms with E-state index >= 15 is 0 Å². The number of ether oxygens (including phenoxy) is 2. The van der Waals surface area contributed by atoms with Crippen LogP contribution in [0.3, 0.4) is 0 Å². The van der Waals surface area contributed by atoms with Crippen molar-refractivity contribution in [2.45, 2.75) is 50.8 Å². The number of methoxy groups -OCH3 is 1. The molecule has 2 saturated heterocycles. The Bertz CT molecular complexity index is 543. The molecule has 0 radical (unpaired) electrons. The molecule has 3 rings (SSSR count). The predicted octanol–water partition coefficient (Wildman–Crippen LogP) is 3.11. The fourth-order valence-electron chi connectivity index (χ4n) is 3.57. The number of nitrogens with zero attached hydrogens (tertiary/aromatic N) is 1. The van der Waals surface area contributed by atoms with Crippen molar-refractivity contribution in [3.05, 3.63) is 29.8 Å². The van der Waals surface area contributed by atoms with Gasteiger partial charge >= 0.3 is 6.03 Å². The first kappa shape index (κ1) is 16.1. The molecule has 2 amide bonds. The van der Waals surface area contributed by atoms with Gasteiger partial charge < -0.3 is 19.7 Å². The highest BCUT2D eigenvalue weighted by Gasteiger charge is 2.32. The summed E-state index contributed by atoms with van der Waals surface area (Å²) in [6.45, 7) is 3.64. The zero-order chi connectivity index (χ0) is 16.2. The molecule has 126 valence electrons. The van der Waals surface area contributed by atoms with Crippen LogP contribution >= 0.6 is 0 Å². The van der Waals surface area contributed by atoms with Crippen LogP contribution in [-0.4, -0.2) is 43.3 Å². The van der Waals surface area contributed by atoms with Gasteiger partial charge in [0.2, 0.25) is 0 Å². The summed E-state index contributed by atoms with van der Waals surface area (Å²) < 4.78 is 11.0. The Balaban J connectivity index is 1.66. The topological polar surface area (TPSA) is 50.8 Å². The molecule has 2 aliphatic rings. The van der Waals surface area contributed by atoms with Crippen molar-refractivity contribution in [1.29, 1.82) is 0 Å². The lowest BCUT2D eigenvalue weighted by Gasteiger charge is -2.28. The van der Waals surface area contributed by atoms with Gasteiger partial charge in [0.25, 0.3) is 0 Å². The van der Waals surface area contributed by atoms with Crippen LogP contribution in [-0.2, 0) is 4.74 Å². The highest BCUT2D eigenvalue weighted by atomic mass is 16.5. The molecule has 5 nitrogen and oxygen atoms in total. The van der Waals surface area contributed by atoms with Crippen molar-refractivity contribution < 1.29 is 14.3 Å². The fraction of sp³-hybridized carbons (Fsp3) is 0.611. The Labute approximate surface area is 137 Å². The van der Waals surface area contributed by atoms with Crippen molar-refractivity contribution in [2.75, 3.05) is 20.3 Å². The number of hydrogen-bond acceptors (Lipinski definition) is 3. The Morgan fingerprint density at radius 1 is 1.39 bits per heavy atom. The van der Waals surface area contributed by atoms with E-state index in [1.807, 2.05) is 30.0 Å². The van der Waals surface area contributed by atoms with E-state index in [0.29, 0.717) is 0 Å². The molecule has 1 N–H and O–H groups in total. The Morgan fingerprint density at radius 2 is 2.26 bits per heavy atom. The summed E-state index contributed by atoms with van der Waals surface area (Å²) in [6, 6.07) is 8.21. The second-order valence-corrected chi connectivity index (χ2v) is 6.42. The third kappa shape index (κ3) is 3.61. The first-order valence-electron chi connectivity index (χ1n) is 8.51. The maximum absolute atomic E-state index is 12.7. The molecule has 2 aliphatic heterocycles. The van der Waals surface area contributed by atoms with Gasteiger partial charge in [-0.2, -0.15) is 0 Å². The molecule has 0 unspecified atom stereocenters. The SMILES string of the molecule is COc1cccc([C@@H]2CCCN2C(=O)N[C@H](C)[C@H]2CCCO2)c1. The molecule has 0 aliphatic carbocycles. The molecule has 3 atom stereocenters. The standard InChI is InChI=1S/C18H26N2O3/c1-13(17-9-5-11-23-17)19-18(21)20-10-4-8-16(20)14-6-3-7-15(12-14)22-2/h3,6-7,12-13,16-17H,4-5,8-11H2,1-2H3,(H,19,21)/t13-,16+,17-/m1/s1. The maximum atomic E-state index is 12.7. The van der Waals surface area contributed by atoms with Gasteiger partial charge in [0, 0.05) is 13.2 Å². The molecular weight excluding hydrogens is 292 g/mol. The number of rotatable bonds is 4. The lowest BCUT2D eigenvalue weighted by molar-refractivity contribution is 0.0829. The largest absolute Gasteiger partial charge is 0.497 e. The summed E-state index contributed by atoms with van der Waals surface area (Å²) >= 11 is 0. The van der Waals surface area contributed by atoms with Gasteiger partial charge in [-0.1, -0.05) is 12.1 Å². The van der Waals surface area contributed by atoms with Crippen LogP contribution in [0.1, 0.15) is 44.2 Å². The van der Waals surface area contributed by atoms with Crippen molar-refractivity contribution in [3.8, 4) is 5.75 Å². The average molecular weight is 318 g/mol. The maximum Gasteiger partial charge on any atom is 0.318 e. The summed E-state index contributed by atoms with van der Waals surface area (Å²) in [4.78, 5) is 14.6. The first-order chi connectivity index (χ1) is 11.2. The van der Waals surface area contributed by atoms with E-state index in [0.717, 1.165) is 50.1 Å². The fourth-order valence-corrected chi connectivity index (χ4v) is 3.57. The molecule has 2 heterocycles. The molecule has 1 aromatic rings. The molecule has 0 spiro atoms. The molecule has 0 saturated carbocycles.